The first-order chi connectivity index (χ1) is 12.7. The number of aryl methyl sites for hydroxylation is 3. The van der Waals surface area contributed by atoms with E-state index in [0.717, 1.165) is 33.0 Å². The Morgan fingerprint density at radius 3 is 2.30 bits per heavy atom. The van der Waals surface area contributed by atoms with Gasteiger partial charge in [-0.15, -0.1) is 0 Å². The van der Waals surface area contributed by atoms with Gasteiger partial charge in [0, 0.05) is 25.4 Å². The monoisotopic (exact) mass is 385 g/mol. The van der Waals surface area contributed by atoms with Gasteiger partial charge in [-0.25, -0.2) is 14.8 Å². The highest BCUT2D eigenvalue weighted by atomic mass is 32.2. The molecular weight excluding hydrogens is 368 g/mol. The second-order valence-corrected chi connectivity index (χ2v) is 7.26. The van der Waals surface area contributed by atoms with Gasteiger partial charge in [-0.05, 0) is 26.0 Å². The zero-order valence-electron chi connectivity index (χ0n) is 15.3. The van der Waals surface area contributed by atoms with Gasteiger partial charge in [-0.2, -0.15) is 0 Å². The molecule has 0 amide bonds. The van der Waals surface area contributed by atoms with Crippen molar-refractivity contribution >= 4 is 28.8 Å². The van der Waals surface area contributed by atoms with Gasteiger partial charge < -0.3 is 9.90 Å². The van der Waals surface area contributed by atoms with Gasteiger partial charge >= 0.3 is 5.69 Å². The standard InChI is InChI=1S/C18H18N4O4S/c1-9-5-10(2)7-11(6-9)14-19-15-13(16(20-14)27-8-12(23)24)17(25)22(4)18(26)21(15)3/h5-7H,8H2,1-4H3,(H,23,24)/p-1. The predicted octanol–water partition coefficient (Wildman–Crippen LogP) is 0.153. The molecule has 0 aliphatic rings. The summed E-state index contributed by atoms with van der Waals surface area (Å²) in [6, 6.07) is 5.78. The van der Waals surface area contributed by atoms with Crippen molar-refractivity contribution in [1.29, 1.82) is 0 Å². The van der Waals surface area contributed by atoms with Crippen molar-refractivity contribution in [2.75, 3.05) is 5.75 Å². The van der Waals surface area contributed by atoms with Crippen LogP contribution in [0.25, 0.3) is 22.4 Å². The van der Waals surface area contributed by atoms with E-state index in [0.29, 0.717) is 5.82 Å². The lowest BCUT2D eigenvalue weighted by Gasteiger charge is -2.12. The van der Waals surface area contributed by atoms with Gasteiger partial charge in [-0.1, -0.05) is 29.0 Å². The molecular formula is C18H17N4O4S-. The Bertz CT molecular complexity index is 1180. The maximum absolute atomic E-state index is 12.6. The van der Waals surface area contributed by atoms with Crippen molar-refractivity contribution in [1.82, 2.24) is 19.1 Å². The summed E-state index contributed by atoms with van der Waals surface area (Å²) in [5.41, 5.74) is 1.81. The van der Waals surface area contributed by atoms with Crippen LogP contribution < -0.4 is 16.4 Å². The number of hydrogen-bond donors (Lipinski definition) is 0. The van der Waals surface area contributed by atoms with Crippen LogP contribution in [0.5, 0.6) is 0 Å². The molecule has 2 heterocycles. The van der Waals surface area contributed by atoms with E-state index >= 15 is 0 Å². The fraction of sp³-hybridized carbons (Fsp3) is 0.278. The predicted molar refractivity (Wildman–Crippen MR) is 101 cm³/mol. The van der Waals surface area contributed by atoms with Crippen molar-refractivity contribution in [3.8, 4) is 11.4 Å². The van der Waals surface area contributed by atoms with E-state index in [9.17, 15) is 19.5 Å². The minimum Gasteiger partial charge on any atom is -0.549 e. The third-order valence-corrected chi connectivity index (χ3v) is 5.02. The first kappa shape index (κ1) is 18.8. The number of thioether (sulfide) groups is 1. The molecule has 0 spiro atoms. The van der Waals surface area contributed by atoms with Crippen LogP contribution in [-0.4, -0.2) is 30.8 Å². The maximum atomic E-state index is 12.6. The second kappa shape index (κ2) is 6.99. The lowest BCUT2D eigenvalue weighted by atomic mass is 10.1. The van der Waals surface area contributed by atoms with Crippen LogP contribution in [0.3, 0.4) is 0 Å². The van der Waals surface area contributed by atoms with E-state index in [1.54, 1.807) is 0 Å². The lowest BCUT2D eigenvalue weighted by molar-refractivity contribution is -0.301. The van der Waals surface area contributed by atoms with E-state index in [2.05, 4.69) is 9.97 Å². The summed E-state index contributed by atoms with van der Waals surface area (Å²) in [6.45, 7) is 3.88. The van der Waals surface area contributed by atoms with Crippen molar-refractivity contribution in [3.63, 3.8) is 0 Å². The molecule has 0 bridgehead atoms. The highest BCUT2D eigenvalue weighted by Gasteiger charge is 2.18. The summed E-state index contributed by atoms with van der Waals surface area (Å²) >= 11 is 0.871. The molecule has 0 atom stereocenters. The number of hydrogen-bond acceptors (Lipinski definition) is 7. The molecule has 0 aliphatic heterocycles. The molecule has 1 aromatic carbocycles. The summed E-state index contributed by atoms with van der Waals surface area (Å²) in [4.78, 5) is 44.7. The van der Waals surface area contributed by atoms with Crippen LogP contribution in [0.15, 0.2) is 32.8 Å². The van der Waals surface area contributed by atoms with Gasteiger partial charge in [0.2, 0.25) is 0 Å². The Morgan fingerprint density at radius 1 is 1.07 bits per heavy atom. The summed E-state index contributed by atoms with van der Waals surface area (Å²) in [5.74, 6) is -1.33. The van der Waals surface area contributed by atoms with Crippen molar-refractivity contribution in [2.24, 2.45) is 14.1 Å². The normalized spacial score (nSPS) is 11.1. The number of benzene rings is 1. The largest absolute Gasteiger partial charge is 0.549 e. The molecule has 0 saturated carbocycles. The highest BCUT2D eigenvalue weighted by Crippen LogP contribution is 2.26. The zero-order chi connectivity index (χ0) is 19.9. The van der Waals surface area contributed by atoms with E-state index in [1.165, 1.54) is 18.7 Å². The minimum absolute atomic E-state index is 0.110. The molecule has 2 aromatic heterocycles. The zero-order valence-corrected chi connectivity index (χ0v) is 16.1. The molecule has 9 heteroatoms. The van der Waals surface area contributed by atoms with Gasteiger partial charge in [-0.3, -0.25) is 13.9 Å². The number of carboxylic acids is 1. The quantitative estimate of drug-likeness (QED) is 0.464. The van der Waals surface area contributed by atoms with E-state index in [4.69, 9.17) is 0 Å². The Kier molecular flexibility index (Phi) is 4.88. The van der Waals surface area contributed by atoms with Crippen LogP contribution in [0.4, 0.5) is 0 Å². The van der Waals surface area contributed by atoms with E-state index < -0.39 is 17.2 Å². The van der Waals surface area contributed by atoms with Crippen LogP contribution in [0, 0.1) is 13.8 Å². The van der Waals surface area contributed by atoms with Crippen LogP contribution in [0.1, 0.15) is 11.1 Å². The summed E-state index contributed by atoms with van der Waals surface area (Å²) in [6.07, 6.45) is 0. The fourth-order valence-corrected chi connectivity index (χ4v) is 3.62. The number of nitrogens with zero attached hydrogens (tertiary/aromatic N) is 4. The molecule has 0 unspecified atom stereocenters. The second-order valence-electron chi connectivity index (χ2n) is 6.29. The number of rotatable bonds is 4. The molecule has 0 saturated heterocycles. The topological polar surface area (TPSA) is 110 Å². The lowest BCUT2D eigenvalue weighted by Crippen LogP contribution is -2.37. The molecule has 3 rings (SSSR count). The number of carbonyl (C=O) groups is 1. The molecule has 0 aliphatic carbocycles. The number of carboxylic acid groups (broad SMARTS) is 1. The number of aliphatic carboxylic acids is 1. The molecule has 140 valence electrons. The smallest absolute Gasteiger partial charge is 0.332 e. The van der Waals surface area contributed by atoms with Crippen molar-refractivity contribution in [2.45, 2.75) is 18.9 Å². The first-order valence-electron chi connectivity index (χ1n) is 8.08. The average molecular weight is 385 g/mol. The van der Waals surface area contributed by atoms with E-state index in [1.807, 2.05) is 32.0 Å². The highest BCUT2D eigenvalue weighted by molar-refractivity contribution is 8.00. The maximum Gasteiger partial charge on any atom is 0.332 e. The summed E-state index contributed by atoms with van der Waals surface area (Å²) < 4.78 is 2.21. The van der Waals surface area contributed by atoms with Crippen LogP contribution in [-0.2, 0) is 18.9 Å². The van der Waals surface area contributed by atoms with Crippen LogP contribution in [0.2, 0.25) is 0 Å². The molecule has 0 N–H and O–H groups in total. The molecule has 8 nitrogen and oxygen atoms in total. The number of carbonyl (C=O) groups excluding carboxylic acids is 1. The first-order valence-corrected chi connectivity index (χ1v) is 9.06. The van der Waals surface area contributed by atoms with Gasteiger partial charge in [0.1, 0.15) is 10.4 Å². The molecule has 3 aromatic rings. The minimum atomic E-state index is -1.28. The fourth-order valence-electron chi connectivity index (χ4n) is 2.89. The molecule has 0 radical (unpaired) electrons. The Morgan fingerprint density at radius 2 is 1.70 bits per heavy atom. The van der Waals surface area contributed by atoms with Gasteiger partial charge in [0.25, 0.3) is 5.56 Å². The Hall–Kier alpha value is -2.94. The SMILES string of the molecule is Cc1cc(C)cc(-c2nc(SCC(=O)[O-])c3c(=O)n(C)c(=O)n(C)c3n2)c1. The Labute approximate surface area is 158 Å². The number of aromatic nitrogens is 4. The third-order valence-electron chi connectivity index (χ3n) is 4.07. The summed E-state index contributed by atoms with van der Waals surface area (Å²) in [5, 5.41) is 11.2. The van der Waals surface area contributed by atoms with Crippen LogP contribution >= 0.6 is 11.8 Å². The van der Waals surface area contributed by atoms with Crippen molar-refractivity contribution < 1.29 is 9.90 Å². The summed E-state index contributed by atoms with van der Waals surface area (Å²) in [7, 11) is 2.87. The van der Waals surface area contributed by atoms with E-state index in [-0.39, 0.29) is 21.8 Å². The van der Waals surface area contributed by atoms with Crippen molar-refractivity contribution in [3.05, 3.63) is 50.2 Å². The molecule has 0 fully saturated rings. The average Bonchev–Trinajstić information content (AvgIpc) is 2.61. The number of fused-ring (bicyclic) bond motifs is 1. The molecule has 27 heavy (non-hydrogen) atoms. The Balaban J connectivity index is 2.39. The van der Waals surface area contributed by atoms with Gasteiger partial charge in [0.15, 0.2) is 11.5 Å². The van der Waals surface area contributed by atoms with Gasteiger partial charge in [0.05, 0.1) is 5.97 Å². The third kappa shape index (κ3) is 3.50.